The number of alkyl halides is 1. The molecular weight excluding hydrogens is 398 g/mol. The summed E-state index contributed by atoms with van der Waals surface area (Å²) in [4.78, 5) is 13.7. The van der Waals surface area contributed by atoms with Gasteiger partial charge >= 0.3 is 6.09 Å². The summed E-state index contributed by atoms with van der Waals surface area (Å²) in [6.45, 7) is 5.69. The van der Waals surface area contributed by atoms with Crippen LogP contribution < -0.4 is 0 Å². The second-order valence-corrected chi connectivity index (χ2v) is 8.93. The lowest BCUT2D eigenvalue weighted by atomic mass is 10.0. The summed E-state index contributed by atoms with van der Waals surface area (Å²) in [5.74, 6) is -0.354. The van der Waals surface area contributed by atoms with E-state index in [0.29, 0.717) is 23.4 Å². The highest BCUT2D eigenvalue weighted by atomic mass is 35.5. The van der Waals surface area contributed by atoms with Crippen molar-refractivity contribution in [2.75, 3.05) is 13.1 Å². The molecule has 2 heterocycles. The van der Waals surface area contributed by atoms with Crippen LogP contribution in [0.5, 0.6) is 0 Å². The van der Waals surface area contributed by atoms with E-state index in [2.05, 4.69) is 0 Å². The number of hydrogen-bond donors (Lipinski definition) is 0. The first kappa shape index (κ1) is 20.0. The van der Waals surface area contributed by atoms with Crippen molar-refractivity contribution in [3.63, 3.8) is 0 Å². The molecule has 1 amide bonds. The minimum atomic E-state index is -1.28. The number of hydrogen-bond acceptors (Lipinski definition) is 2. The zero-order chi connectivity index (χ0) is 20.9. The fourth-order valence-corrected chi connectivity index (χ4v) is 4.20. The van der Waals surface area contributed by atoms with Gasteiger partial charge in [-0.05, 0) is 63.6 Å². The number of nitrogens with zero attached hydrogens (tertiary/aromatic N) is 2. The highest BCUT2D eigenvalue weighted by molar-refractivity contribution is 6.31. The van der Waals surface area contributed by atoms with Crippen LogP contribution in [0.1, 0.15) is 33.2 Å². The molecule has 4 nitrogen and oxygen atoms in total. The van der Waals surface area contributed by atoms with Crippen LogP contribution in [0.4, 0.5) is 13.6 Å². The van der Waals surface area contributed by atoms with Gasteiger partial charge in [-0.2, -0.15) is 0 Å². The van der Waals surface area contributed by atoms with Gasteiger partial charge in [0, 0.05) is 33.4 Å². The molecule has 1 saturated heterocycles. The molecule has 1 fully saturated rings. The van der Waals surface area contributed by atoms with E-state index < -0.39 is 23.9 Å². The average molecular weight is 421 g/mol. The molecule has 0 spiro atoms. The van der Waals surface area contributed by atoms with Crippen molar-refractivity contribution in [1.29, 1.82) is 0 Å². The van der Waals surface area contributed by atoms with Crippen molar-refractivity contribution in [3.05, 3.63) is 47.2 Å². The molecule has 4 rings (SSSR count). The highest BCUT2D eigenvalue weighted by Crippen LogP contribution is 2.38. The van der Waals surface area contributed by atoms with E-state index in [4.69, 9.17) is 16.3 Å². The van der Waals surface area contributed by atoms with E-state index in [0.717, 1.165) is 16.4 Å². The first-order valence-electron chi connectivity index (χ1n) is 9.65. The quantitative estimate of drug-likeness (QED) is 0.476. The third kappa shape index (κ3) is 3.78. The number of halogens is 3. The number of carbonyl (C=O) groups excluding carboxylic acids is 1. The molecule has 0 radical (unpaired) electrons. The second-order valence-electron chi connectivity index (χ2n) is 8.49. The van der Waals surface area contributed by atoms with Crippen LogP contribution in [0.3, 0.4) is 0 Å². The van der Waals surface area contributed by atoms with Crippen molar-refractivity contribution < 1.29 is 18.3 Å². The molecule has 0 N–H and O–H groups in total. The Hall–Kier alpha value is -2.34. The monoisotopic (exact) mass is 420 g/mol. The van der Waals surface area contributed by atoms with E-state index in [1.807, 2.05) is 10.6 Å². The molecule has 2 aromatic carbocycles. The number of ether oxygens (including phenoxy) is 1. The average Bonchev–Trinajstić information content (AvgIpc) is 2.93. The number of aromatic nitrogens is 1. The second kappa shape index (κ2) is 7.17. The van der Waals surface area contributed by atoms with Crippen LogP contribution in [-0.2, 0) is 4.74 Å². The zero-order valence-corrected chi connectivity index (χ0v) is 17.3. The molecule has 29 heavy (non-hydrogen) atoms. The van der Waals surface area contributed by atoms with Crippen molar-refractivity contribution in [3.8, 4) is 0 Å². The van der Waals surface area contributed by atoms with Crippen LogP contribution in [0.25, 0.3) is 21.8 Å². The number of fused-ring (bicyclic) bond motifs is 3. The van der Waals surface area contributed by atoms with Gasteiger partial charge in [0.15, 0.2) is 0 Å². The third-order valence-electron chi connectivity index (χ3n) is 5.22. The maximum atomic E-state index is 15.3. The third-order valence-corrected chi connectivity index (χ3v) is 5.45. The number of piperidine rings is 1. The maximum Gasteiger partial charge on any atom is 0.410 e. The van der Waals surface area contributed by atoms with Crippen molar-refractivity contribution in [2.24, 2.45) is 0 Å². The first-order chi connectivity index (χ1) is 13.6. The Labute approximate surface area is 173 Å². The molecule has 2 atom stereocenters. The smallest absolute Gasteiger partial charge is 0.410 e. The van der Waals surface area contributed by atoms with Gasteiger partial charge in [0.05, 0.1) is 12.6 Å². The standard InChI is InChI=1S/C22H23ClF2N2O2/c1-22(2,3)29-21(28)26-9-8-20(17(25)12-26)27-18-6-4-13(23)10-15(18)16-11-14(24)5-7-19(16)27/h4-7,10-11,17,20H,8-9,12H2,1-3H3/t17-,20+/m1/s1. The van der Waals surface area contributed by atoms with Crippen molar-refractivity contribution in [1.82, 2.24) is 9.47 Å². The number of rotatable bonds is 1. The lowest BCUT2D eigenvalue weighted by Gasteiger charge is -2.36. The Bertz CT molecular complexity index is 1030. The molecule has 7 heteroatoms. The van der Waals surface area contributed by atoms with E-state index in [-0.39, 0.29) is 12.4 Å². The molecule has 1 aliphatic heterocycles. The van der Waals surface area contributed by atoms with Gasteiger partial charge in [-0.1, -0.05) is 11.6 Å². The van der Waals surface area contributed by atoms with Crippen LogP contribution in [-0.4, -0.2) is 40.4 Å². The van der Waals surface area contributed by atoms with E-state index in [9.17, 15) is 9.18 Å². The van der Waals surface area contributed by atoms with Crippen molar-refractivity contribution in [2.45, 2.75) is 45.0 Å². The van der Waals surface area contributed by atoms with Gasteiger partial charge in [-0.3, -0.25) is 0 Å². The molecule has 0 unspecified atom stereocenters. The minimum Gasteiger partial charge on any atom is -0.444 e. The molecule has 154 valence electrons. The lowest BCUT2D eigenvalue weighted by Crippen LogP contribution is -2.47. The van der Waals surface area contributed by atoms with Crippen LogP contribution in [0.2, 0.25) is 5.02 Å². The summed E-state index contributed by atoms with van der Waals surface area (Å²) in [6, 6.07) is 9.39. The Kier molecular flexibility index (Phi) is 4.93. The zero-order valence-electron chi connectivity index (χ0n) is 16.6. The maximum absolute atomic E-state index is 15.3. The van der Waals surface area contributed by atoms with Gasteiger partial charge in [0.25, 0.3) is 0 Å². The molecule has 1 aliphatic rings. The number of carbonyl (C=O) groups is 1. The molecule has 0 bridgehead atoms. The number of likely N-dealkylation sites (tertiary alicyclic amines) is 1. The predicted octanol–water partition coefficient (Wildman–Crippen LogP) is 6.11. The van der Waals surface area contributed by atoms with Gasteiger partial charge in [-0.15, -0.1) is 0 Å². The Morgan fingerprint density at radius 3 is 2.45 bits per heavy atom. The van der Waals surface area contributed by atoms with Crippen molar-refractivity contribution >= 4 is 39.5 Å². The Balaban J connectivity index is 1.71. The van der Waals surface area contributed by atoms with Gasteiger partial charge in [-0.25, -0.2) is 13.6 Å². The minimum absolute atomic E-state index is 0.0461. The molecule has 0 aliphatic carbocycles. The van der Waals surface area contributed by atoms with Gasteiger partial charge in [0.2, 0.25) is 0 Å². The molecule has 0 saturated carbocycles. The van der Waals surface area contributed by atoms with Crippen LogP contribution >= 0.6 is 11.6 Å². The van der Waals surface area contributed by atoms with Crippen LogP contribution in [0, 0.1) is 5.82 Å². The van der Waals surface area contributed by atoms with E-state index in [1.165, 1.54) is 17.0 Å². The summed E-state index contributed by atoms with van der Waals surface area (Å²) in [5, 5.41) is 2.02. The van der Waals surface area contributed by atoms with Gasteiger partial charge in [0.1, 0.15) is 17.6 Å². The fourth-order valence-electron chi connectivity index (χ4n) is 4.03. The Morgan fingerprint density at radius 1 is 1.14 bits per heavy atom. The number of benzene rings is 2. The lowest BCUT2D eigenvalue weighted by molar-refractivity contribution is 0.00737. The highest BCUT2D eigenvalue weighted by Gasteiger charge is 2.35. The first-order valence-corrected chi connectivity index (χ1v) is 10.0. The normalized spacial score (nSPS) is 20.4. The summed E-state index contributed by atoms with van der Waals surface area (Å²) in [6.07, 6.45) is -1.36. The van der Waals surface area contributed by atoms with E-state index in [1.54, 1.807) is 39.0 Å². The summed E-state index contributed by atoms with van der Waals surface area (Å²) in [7, 11) is 0. The largest absolute Gasteiger partial charge is 0.444 e. The summed E-state index contributed by atoms with van der Waals surface area (Å²) in [5.41, 5.74) is 0.922. The van der Waals surface area contributed by atoms with Crippen LogP contribution in [0.15, 0.2) is 36.4 Å². The SMILES string of the molecule is CC(C)(C)OC(=O)N1CC[C@H](n2c3ccc(F)cc3c3cc(Cl)ccc32)[C@H](F)C1. The molecule has 1 aromatic heterocycles. The summed E-state index contributed by atoms with van der Waals surface area (Å²) < 4.78 is 36.5. The number of amides is 1. The molecular formula is C22H23ClF2N2O2. The fraction of sp³-hybridized carbons (Fsp3) is 0.409. The van der Waals surface area contributed by atoms with Gasteiger partial charge < -0.3 is 14.2 Å². The topological polar surface area (TPSA) is 34.5 Å². The Morgan fingerprint density at radius 2 is 1.79 bits per heavy atom. The predicted molar refractivity (Wildman–Crippen MR) is 111 cm³/mol. The summed E-state index contributed by atoms with van der Waals surface area (Å²) >= 11 is 6.15. The van der Waals surface area contributed by atoms with E-state index >= 15 is 4.39 Å². The molecule has 3 aromatic rings.